The van der Waals surface area contributed by atoms with Crippen LogP contribution in [0.3, 0.4) is 0 Å². The molecule has 0 saturated heterocycles. The summed E-state index contributed by atoms with van der Waals surface area (Å²) in [5.41, 5.74) is 1.42. The van der Waals surface area contributed by atoms with Crippen molar-refractivity contribution in [3.05, 3.63) is 47.5 Å². The fourth-order valence-electron chi connectivity index (χ4n) is 2.17. The lowest BCUT2D eigenvalue weighted by molar-refractivity contribution is -0.105. The van der Waals surface area contributed by atoms with Gasteiger partial charge in [0.15, 0.2) is 6.29 Å². The molecular formula is C15H16O4. The van der Waals surface area contributed by atoms with E-state index in [0.29, 0.717) is 5.56 Å². The highest BCUT2D eigenvalue weighted by Crippen LogP contribution is 2.29. The first-order valence-corrected chi connectivity index (χ1v) is 5.88. The van der Waals surface area contributed by atoms with Gasteiger partial charge in [-0.1, -0.05) is 30.3 Å². The molecule has 0 aromatic heterocycles. The average molecular weight is 260 g/mol. The number of hydrogen-bond donors (Lipinski definition) is 0. The summed E-state index contributed by atoms with van der Waals surface area (Å²) in [6.45, 7) is 0. The first kappa shape index (κ1) is 13.5. The Hall–Kier alpha value is -1.91. The Morgan fingerprint density at radius 1 is 0.947 bits per heavy atom. The lowest BCUT2D eigenvalue weighted by Gasteiger charge is -2.17. The summed E-state index contributed by atoms with van der Waals surface area (Å²) in [4.78, 5) is 11.8. The molecule has 100 valence electrons. The van der Waals surface area contributed by atoms with Crippen molar-refractivity contribution < 1.29 is 19.0 Å². The minimum atomic E-state index is -0.461. The van der Waals surface area contributed by atoms with Gasteiger partial charge in [-0.25, -0.2) is 4.79 Å². The highest BCUT2D eigenvalue weighted by Gasteiger charge is 2.17. The Bertz CT molecular complexity index is 588. The van der Waals surface area contributed by atoms with E-state index in [-0.39, 0.29) is 5.97 Å². The predicted molar refractivity (Wildman–Crippen MR) is 72.0 cm³/mol. The first-order chi connectivity index (χ1) is 9.22. The van der Waals surface area contributed by atoms with E-state index in [1.165, 1.54) is 7.11 Å². The Balaban J connectivity index is 2.68. The summed E-state index contributed by atoms with van der Waals surface area (Å²) in [5, 5.41) is 1.74. The van der Waals surface area contributed by atoms with Gasteiger partial charge in [0.1, 0.15) is 0 Å². The Morgan fingerprint density at radius 2 is 1.58 bits per heavy atom. The minimum Gasteiger partial charge on any atom is -0.465 e. The number of hydrogen-bond acceptors (Lipinski definition) is 4. The van der Waals surface area contributed by atoms with E-state index < -0.39 is 6.29 Å². The number of methoxy groups -OCH3 is 3. The van der Waals surface area contributed by atoms with Gasteiger partial charge >= 0.3 is 5.97 Å². The first-order valence-electron chi connectivity index (χ1n) is 5.88. The third kappa shape index (κ3) is 2.45. The number of rotatable bonds is 4. The quantitative estimate of drug-likeness (QED) is 0.626. The topological polar surface area (TPSA) is 44.8 Å². The molecule has 19 heavy (non-hydrogen) atoms. The second kappa shape index (κ2) is 5.82. The normalized spacial score (nSPS) is 10.9. The third-order valence-corrected chi connectivity index (χ3v) is 3.05. The van der Waals surface area contributed by atoms with Crippen molar-refractivity contribution >= 4 is 16.7 Å². The van der Waals surface area contributed by atoms with Crippen molar-refractivity contribution in [2.24, 2.45) is 0 Å². The van der Waals surface area contributed by atoms with Crippen LogP contribution >= 0.6 is 0 Å². The fourth-order valence-corrected chi connectivity index (χ4v) is 2.17. The summed E-state index contributed by atoms with van der Waals surface area (Å²) < 4.78 is 15.4. The van der Waals surface area contributed by atoms with Gasteiger partial charge in [0, 0.05) is 19.8 Å². The second-order valence-electron chi connectivity index (χ2n) is 4.04. The lowest BCUT2D eigenvalue weighted by atomic mass is 9.99. The standard InChI is InChI=1S/C15H16O4/c1-17-14(16)12-8-9-13(15(18-2)19-3)11-7-5-4-6-10(11)12/h4-9,15H,1-3H3. The smallest absolute Gasteiger partial charge is 0.338 e. The molecule has 0 atom stereocenters. The van der Waals surface area contributed by atoms with Crippen LogP contribution in [0.15, 0.2) is 36.4 Å². The van der Waals surface area contributed by atoms with Crippen molar-refractivity contribution in [1.82, 2.24) is 0 Å². The number of carbonyl (C=O) groups excluding carboxylic acids is 1. The van der Waals surface area contributed by atoms with E-state index in [4.69, 9.17) is 14.2 Å². The second-order valence-corrected chi connectivity index (χ2v) is 4.04. The van der Waals surface area contributed by atoms with Gasteiger partial charge in [0.2, 0.25) is 0 Å². The van der Waals surface area contributed by atoms with Gasteiger partial charge in [-0.3, -0.25) is 0 Å². The molecule has 4 nitrogen and oxygen atoms in total. The van der Waals surface area contributed by atoms with Gasteiger partial charge in [0.05, 0.1) is 12.7 Å². The molecule has 2 aromatic rings. The van der Waals surface area contributed by atoms with Crippen LogP contribution in [0.2, 0.25) is 0 Å². The van der Waals surface area contributed by atoms with Crippen molar-refractivity contribution in [1.29, 1.82) is 0 Å². The highest BCUT2D eigenvalue weighted by molar-refractivity contribution is 6.05. The largest absolute Gasteiger partial charge is 0.465 e. The summed E-state index contributed by atoms with van der Waals surface area (Å²) in [6.07, 6.45) is -0.461. The molecular weight excluding hydrogens is 244 g/mol. The highest BCUT2D eigenvalue weighted by atomic mass is 16.7. The van der Waals surface area contributed by atoms with Crippen molar-refractivity contribution in [3.8, 4) is 0 Å². The molecule has 0 heterocycles. The lowest BCUT2D eigenvalue weighted by Crippen LogP contribution is -2.07. The molecule has 0 spiro atoms. The fraction of sp³-hybridized carbons (Fsp3) is 0.267. The van der Waals surface area contributed by atoms with E-state index in [1.54, 1.807) is 20.3 Å². The predicted octanol–water partition coefficient (Wildman–Crippen LogP) is 2.92. The number of ether oxygens (including phenoxy) is 3. The van der Waals surface area contributed by atoms with Gasteiger partial charge < -0.3 is 14.2 Å². The molecule has 2 rings (SSSR count). The monoisotopic (exact) mass is 260 g/mol. The molecule has 0 aliphatic rings. The van der Waals surface area contributed by atoms with Crippen LogP contribution in [-0.2, 0) is 14.2 Å². The number of carbonyl (C=O) groups is 1. The van der Waals surface area contributed by atoms with Crippen LogP contribution in [0, 0.1) is 0 Å². The van der Waals surface area contributed by atoms with Crippen molar-refractivity contribution in [2.45, 2.75) is 6.29 Å². The van der Waals surface area contributed by atoms with Gasteiger partial charge in [0.25, 0.3) is 0 Å². The zero-order valence-corrected chi connectivity index (χ0v) is 11.2. The summed E-state index contributed by atoms with van der Waals surface area (Å²) in [7, 11) is 4.53. The average Bonchev–Trinajstić information content (AvgIpc) is 2.47. The number of fused-ring (bicyclic) bond motifs is 1. The van der Waals surface area contributed by atoms with Crippen molar-refractivity contribution in [2.75, 3.05) is 21.3 Å². The zero-order chi connectivity index (χ0) is 13.8. The molecule has 0 N–H and O–H groups in total. The van der Waals surface area contributed by atoms with Crippen LogP contribution in [0.5, 0.6) is 0 Å². The van der Waals surface area contributed by atoms with E-state index in [2.05, 4.69) is 0 Å². The van der Waals surface area contributed by atoms with Crippen LogP contribution in [0.1, 0.15) is 22.2 Å². The molecule has 0 bridgehead atoms. The maximum absolute atomic E-state index is 11.8. The molecule has 0 aliphatic carbocycles. The van der Waals surface area contributed by atoms with Gasteiger partial charge in [-0.05, 0) is 16.8 Å². The van der Waals surface area contributed by atoms with E-state index in [9.17, 15) is 4.79 Å². The maximum Gasteiger partial charge on any atom is 0.338 e. The molecule has 0 amide bonds. The molecule has 0 saturated carbocycles. The Labute approximate surface area is 111 Å². The molecule has 0 fully saturated rings. The van der Waals surface area contributed by atoms with Crippen LogP contribution in [0.4, 0.5) is 0 Å². The minimum absolute atomic E-state index is 0.353. The number of benzene rings is 2. The molecule has 0 unspecified atom stereocenters. The van der Waals surface area contributed by atoms with E-state index in [0.717, 1.165) is 16.3 Å². The molecule has 4 heteroatoms. The van der Waals surface area contributed by atoms with Gasteiger partial charge in [-0.15, -0.1) is 0 Å². The number of esters is 1. The van der Waals surface area contributed by atoms with Crippen LogP contribution in [-0.4, -0.2) is 27.3 Å². The SMILES string of the molecule is COC(=O)c1ccc(C(OC)OC)c2ccccc12. The molecule has 2 aromatic carbocycles. The zero-order valence-electron chi connectivity index (χ0n) is 11.2. The summed E-state index contributed by atoms with van der Waals surface area (Å²) in [5.74, 6) is -0.353. The summed E-state index contributed by atoms with van der Waals surface area (Å²) in [6, 6.07) is 11.2. The van der Waals surface area contributed by atoms with Crippen molar-refractivity contribution in [3.63, 3.8) is 0 Å². The molecule has 0 aliphatic heterocycles. The molecule has 0 radical (unpaired) electrons. The van der Waals surface area contributed by atoms with Crippen LogP contribution in [0.25, 0.3) is 10.8 Å². The maximum atomic E-state index is 11.8. The Morgan fingerprint density at radius 3 is 2.16 bits per heavy atom. The van der Waals surface area contributed by atoms with Crippen LogP contribution < -0.4 is 0 Å². The summed E-state index contributed by atoms with van der Waals surface area (Å²) >= 11 is 0. The third-order valence-electron chi connectivity index (χ3n) is 3.05. The van der Waals surface area contributed by atoms with E-state index >= 15 is 0 Å². The van der Waals surface area contributed by atoms with Gasteiger partial charge in [-0.2, -0.15) is 0 Å². The Kier molecular flexibility index (Phi) is 4.14. The van der Waals surface area contributed by atoms with E-state index in [1.807, 2.05) is 30.3 Å².